The number of aliphatic hydroxyl groups is 1. The number of benzene rings is 2. The monoisotopic (exact) mass is 417 g/mol. The molecule has 0 amide bonds. The highest BCUT2D eigenvalue weighted by Crippen LogP contribution is 2.38. The molecule has 1 aliphatic rings. The van der Waals surface area contributed by atoms with Gasteiger partial charge in [0.15, 0.2) is 5.66 Å². The highest BCUT2D eigenvalue weighted by Gasteiger charge is 2.38. The van der Waals surface area contributed by atoms with Crippen LogP contribution in [0.2, 0.25) is 0 Å². The van der Waals surface area contributed by atoms with E-state index in [0.29, 0.717) is 29.4 Å². The molecule has 2 aromatic carbocycles. The number of nitro groups is 1. The molecule has 1 aromatic heterocycles. The molecule has 0 saturated heterocycles. The van der Waals surface area contributed by atoms with Crippen molar-refractivity contribution >= 4 is 22.8 Å². The summed E-state index contributed by atoms with van der Waals surface area (Å²) in [7, 11) is 0. The Morgan fingerprint density at radius 1 is 1.29 bits per heavy atom. The molecule has 158 valence electrons. The highest BCUT2D eigenvalue weighted by molar-refractivity contribution is 5.86. The average molecular weight is 417 g/mol. The molecule has 4 rings (SSSR count). The van der Waals surface area contributed by atoms with Crippen molar-refractivity contribution in [3.8, 4) is 0 Å². The van der Waals surface area contributed by atoms with Gasteiger partial charge in [0.1, 0.15) is 6.33 Å². The lowest BCUT2D eigenvalue weighted by Crippen LogP contribution is -2.38. The molecule has 2 atom stereocenters. The maximum absolute atomic E-state index is 11.9. The third kappa shape index (κ3) is 3.95. The predicted octanol–water partition coefficient (Wildman–Crippen LogP) is 3.61. The number of nitrogens with zero attached hydrogens (tertiary/aromatic N) is 4. The van der Waals surface area contributed by atoms with E-state index >= 15 is 0 Å². The lowest BCUT2D eigenvalue weighted by molar-refractivity contribution is -0.385. The van der Waals surface area contributed by atoms with Crippen LogP contribution in [-0.2, 0) is 12.1 Å². The van der Waals surface area contributed by atoms with E-state index in [0.717, 1.165) is 16.7 Å². The first-order valence-corrected chi connectivity index (χ1v) is 10.1. The fourth-order valence-electron chi connectivity index (χ4n) is 4.03. The Labute approximate surface area is 179 Å². The van der Waals surface area contributed by atoms with Crippen LogP contribution in [0.5, 0.6) is 0 Å². The van der Waals surface area contributed by atoms with Gasteiger partial charge in [0, 0.05) is 23.9 Å². The smallest absolute Gasteiger partial charge is 0.277 e. The van der Waals surface area contributed by atoms with Crippen LogP contribution < -0.4 is 5.32 Å². The van der Waals surface area contributed by atoms with E-state index in [-0.39, 0.29) is 5.69 Å². The van der Waals surface area contributed by atoms with Gasteiger partial charge >= 0.3 is 0 Å². The van der Waals surface area contributed by atoms with Gasteiger partial charge < -0.3 is 5.11 Å². The SMILES string of the molecule is CCNC1(c2cc3ncncc3cc2[N+](=O)[O-])C=C(Cc2ccccc2C(C)O)C=N1. The van der Waals surface area contributed by atoms with Crippen molar-refractivity contribution in [3.05, 3.63) is 87.4 Å². The molecule has 8 heteroatoms. The van der Waals surface area contributed by atoms with Crippen LogP contribution in [0.3, 0.4) is 0 Å². The summed E-state index contributed by atoms with van der Waals surface area (Å²) in [6.07, 6.45) is 6.62. The molecular formula is C23H23N5O3. The number of hydrogen-bond acceptors (Lipinski definition) is 7. The summed E-state index contributed by atoms with van der Waals surface area (Å²) >= 11 is 0. The van der Waals surface area contributed by atoms with E-state index in [1.54, 1.807) is 25.4 Å². The number of allylic oxidation sites excluding steroid dienone is 1. The highest BCUT2D eigenvalue weighted by atomic mass is 16.6. The zero-order chi connectivity index (χ0) is 22.0. The normalized spacial score (nSPS) is 18.9. The Balaban J connectivity index is 1.81. The Hall–Kier alpha value is -3.49. The van der Waals surface area contributed by atoms with Crippen molar-refractivity contribution in [2.45, 2.75) is 32.0 Å². The molecule has 31 heavy (non-hydrogen) atoms. The van der Waals surface area contributed by atoms with Crippen LogP contribution in [0, 0.1) is 10.1 Å². The first-order valence-electron chi connectivity index (χ1n) is 10.1. The molecule has 0 fully saturated rings. The molecule has 0 radical (unpaired) electrons. The number of hydrogen-bond donors (Lipinski definition) is 2. The number of nitro benzene ring substituents is 1. The Kier molecular flexibility index (Phi) is 5.58. The fourth-order valence-corrected chi connectivity index (χ4v) is 4.03. The molecule has 0 aliphatic carbocycles. The Morgan fingerprint density at radius 3 is 2.84 bits per heavy atom. The minimum Gasteiger partial charge on any atom is -0.389 e. The van der Waals surface area contributed by atoms with Crippen molar-refractivity contribution in [1.82, 2.24) is 15.3 Å². The van der Waals surface area contributed by atoms with Crippen molar-refractivity contribution in [3.63, 3.8) is 0 Å². The first kappa shape index (κ1) is 20.8. The van der Waals surface area contributed by atoms with E-state index in [4.69, 9.17) is 4.99 Å². The van der Waals surface area contributed by atoms with Crippen LogP contribution in [0.1, 0.15) is 36.6 Å². The topological polar surface area (TPSA) is 114 Å². The Morgan fingerprint density at radius 2 is 2.10 bits per heavy atom. The van der Waals surface area contributed by atoms with Gasteiger partial charge in [-0.2, -0.15) is 0 Å². The van der Waals surface area contributed by atoms with Gasteiger partial charge in [-0.05, 0) is 48.7 Å². The van der Waals surface area contributed by atoms with Crippen molar-refractivity contribution < 1.29 is 10.0 Å². The minimum atomic E-state index is -1.06. The van der Waals surface area contributed by atoms with Crippen LogP contribution in [-0.4, -0.2) is 32.8 Å². The van der Waals surface area contributed by atoms with Crippen LogP contribution in [0.15, 0.2) is 65.6 Å². The maximum Gasteiger partial charge on any atom is 0.277 e. The molecule has 3 aromatic rings. The summed E-state index contributed by atoms with van der Waals surface area (Å²) in [6, 6.07) is 10.9. The molecule has 8 nitrogen and oxygen atoms in total. The molecule has 2 N–H and O–H groups in total. The molecule has 0 spiro atoms. The number of aliphatic imine (C=N–C) groups is 1. The number of rotatable bonds is 7. The standard InChI is InChI=1S/C23H23N5O3/c1-3-26-23(20-10-21-18(13-24-14-25-21)9-22(20)28(30)31)11-16(12-27-23)8-17-6-4-5-7-19(17)15(2)29/h4-7,9-15,26,29H,3,8H2,1-2H3. The van der Waals surface area contributed by atoms with Crippen LogP contribution >= 0.6 is 0 Å². The van der Waals surface area contributed by atoms with Gasteiger partial charge in [-0.1, -0.05) is 31.2 Å². The lowest BCUT2D eigenvalue weighted by Gasteiger charge is -2.25. The van der Waals surface area contributed by atoms with Crippen molar-refractivity contribution in [1.29, 1.82) is 0 Å². The van der Waals surface area contributed by atoms with E-state index in [2.05, 4.69) is 15.3 Å². The number of nitrogens with one attached hydrogen (secondary N) is 1. The van der Waals surface area contributed by atoms with E-state index in [1.165, 1.54) is 12.4 Å². The Bertz CT molecular complexity index is 1200. The van der Waals surface area contributed by atoms with E-state index < -0.39 is 16.7 Å². The molecule has 0 saturated carbocycles. The van der Waals surface area contributed by atoms with Crippen molar-refractivity contribution in [2.75, 3.05) is 6.54 Å². The van der Waals surface area contributed by atoms with Gasteiger partial charge in [0.25, 0.3) is 5.69 Å². The van der Waals surface area contributed by atoms with Gasteiger partial charge in [-0.3, -0.25) is 20.4 Å². The summed E-state index contributed by atoms with van der Waals surface area (Å²) in [5.41, 5.74) is 2.69. The first-order chi connectivity index (χ1) is 14.9. The average Bonchev–Trinajstić information content (AvgIpc) is 3.16. The van der Waals surface area contributed by atoms with E-state index in [1.807, 2.05) is 37.3 Å². The van der Waals surface area contributed by atoms with Crippen molar-refractivity contribution in [2.24, 2.45) is 4.99 Å². The predicted molar refractivity (Wildman–Crippen MR) is 119 cm³/mol. The summed E-state index contributed by atoms with van der Waals surface area (Å²) in [6.45, 7) is 4.23. The third-order valence-corrected chi connectivity index (χ3v) is 5.40. The lowest BCUT2D eigenvalue weighted by atomic mass is 9.93. The minimum absolute atomic E-state index is 0.0396. The second-order valence-electron chi connectivity index (χ2n) is 7.53. The van der Waals surface area contributed by atoms with Gasteiger partial charge in [0.2, 0.25) is 0 Å². The molecular weight excluding hydrogens is 394 g/mol. The summed E-state index contributed by atoms with van der Waals surface area (Å²) in [5.74, 6) is 0. The second kappa shape index (κ2) is 8.33. The second-order valence-corrected chi connectivity index (χ2v) is 7.53. The van der Waals surface area contributed by atoms with Gasteiger partial charge in [0.05, 0.1) is 22.1 Å². The molecule has 0 bridgehead atoms. The maximum atomic E-state index is 11.9. The van der Waals surface area contributed by atoms with Gasteiger partial charge in [-0.25, -0.2) is 9.97 Å². The summed E-state index contributed by atoms with van der Waals surface area (Å²) in [4.78, 5) is 24.4. The third-order valence-electron chi connectivity index (χ3n) is 5.40. The van der Waals surface area contributed by atoms with E-state index in [9.17, 15) is 15.2 Å². The number of aromatic nitrogens is 2. The number of fused-ring (bicyclic) bond motifs is 1. The quantitative estimate of drug-likeness (QED) is 0.448. The van der Waals surface area contributed by atoms with Crippen LogP contribution in [0.25, 0.3) is 10.9 Å². The van der Waals surface area contributed by atoms with Crippen LogP contribution in [0.4, 0.5) is 5.69 Å². The number of likely N-dealkylation sites (N-methyl/N-ethyl adjacent to an activating group) is 1. The van der Waals surface area contributed by atoms with Gasteiger partial charge in [-0.15, -0.1) is 0 Å². The molecule has 1 aliphatic heterocycles. The molecule has 2 unspecified atom stereocenters. The fraction of sp³-hybridized carbons (Fsp3) is 0.261. The largest absolute Gasteiger partial charge is 0.389 e. The molecule has 2 heterocycles. The zero-order valence-electron chi connectivity index (χ0n) is 17.3. The number of aliphatic hydroxyl groups excluding tert-OH is 1. The summed E-state index contributed by atoms with van der Waals surface area (Å²) in [5, 5.41) is 25.9. The summed E-state index contributed by atoms with van der Waals surface area (Å²) < 4.78 is 0. The zero-order valence-corrected chi connectivity index (χ0v) is 17.3.